The molecular weight excluding hydrogens is 314 g/mol. The summed E-state index contributed by atoms with van der Waals surface area (Å²) in [5.41, 5.74) is 2.66. The highest BCUT2D eigenvalue weighted by molar-refractivity contribution is 5.10. The van der Waals surface area contributed by atoms with Crippen molar-refractivity contribution in [2.24, 2.45) is 0 Å². The number of piperidine rings is 1. The molecule has 2 aromatic heterocycles. The SMILES string of the molecule is CN(Cc1ccncc1)C1COC2(CCN(Cc3ccoc3)CC2)C1. The van der Waals surface area contributed by atoms with Crippen molar-refractivity contribution < 1.29 is 9.15 Å². The lowest BCUT2D eigenvalue weighted by molar-refractivity contribution is -0.0452. The first kappa shape index (κ1) is 16.8. The van der Waals surface area contributed by atoms with Gasteiger partial charge in [0.15, 0.2) is 0 Å². The van der Waals surface area contributed by atoms with Crippen molar-refractivity contribution in [3.8, 4) is 0 Å². The molecule has 2 aliphatic rings. The monoisotopic (exact) mass is 341 g/mol. The van der Waals surface area contributed by atoms with Gasteiger partial charge in [-0.1, -0.05) is 0 Å². The predicted molar refractivity (Wildman–Crippen MR) is 96.0 cm³/mol. The molecule has 5 nitrogen and oxygen atoms in total. The van der Waals surface area contributed by atoms with Crippen LogP contribution in [-0.4, -0.2) is 53.2 Å². The molecule has 1 atom stereocenters. The van der Waals surface area contributed by atoms with Crippen LogP contribution in [0, 0.1) is 0 Å². The van der Waals surface area contributed by atoms with Gasteiger partial charge in [0.1, 0.15) is 0 Å². The highest BCUT2D eigenvalue weighted by Gasteiger charge is 2.43. The summed E-state index contributed by atoms with van der Waals surface area (Å²) >= 11 is 0. The fourth-order valence-electron chi connectivity index (χ4n) is 4.12. The lowest BCUT2D eigenvalue weighted by Crippen LogP contribution is -2.44. The maximum absolute atomic E-state index is 6.34. The molecule has 0 bridgehead atoms. The number of likely N-dealkylation sites (tertiary alicyclic amines) is 1. The van der Waals surface area contributed by atoms with Gasteiger partial charge in [-0.2, -0.15) is 0 Å². The second kappa shape index (κ2) is 7.28. The smallest absolute Gasteiger partial charge is 0.0947 e. The molecule has 0 N–H and O–H groups in total. The van der Waals surface area contributed by atoms with Crippen LogP contribution in [0.1, 0.15) is 30.4 Å². The summed E-state index contributed by atoms with van der Waals surface area (Å²) in [7, 11) is 2.21. The van der Waals surface area contributed by atoms with Gasteiger partial charge in [-0.25, -0.2) is 0 Å². The molecule has 134 valence electrons. The summed E-state index contributed by atoms with van der Waals surface area (Å²) in [6.45, 7) is 5.00. The van der Waals surface area contributed by atoms with E-state index in [0.29, 0.717) is 6.04 Å². The molecule has 2 aliphatic heterocycles. The third kappa shape index (κ3) is 3.94. The van der Waals surface area contributed by atoms with Crippen LogP contribution in [0.15, 0.2) is 47.5 Å². The molecular formula is C20H27N3O2. The van der Waals surface area contributed by atoms with Gasteiger partial charge in [0.2, 0.25) is 0 Å². The first-order valence-electron chi connectivity index (χ1n) is 9.19. The van der Waals surface area contributed by atoms with Crippen LogP contribution in [0.5, 0.6) is 0 Å². The standard InChI is InChI=1S/C20H27N3O2/c1-22(13-17-2-7-21-8-3-17)19-12-20(25-16-19)5-9-23(10-6-20)14-18-4-11-24-15-18/h2-4,7-8,11,15,19H,5-6,9-10,12-14,16H2,1H3. The summed E-state index contributed by atoms with van der Waals surface area (Å²) in [5, 5.41) is 0. The third-order valence-corrected chi connectivity index (χ3v) is 5.75. The maximum atomic E-state index is 6.34. The van der Waals surface area contributed by atoms with Crippen LogP contribution < -0.4 is 0 Å². The van der Waals surface area contributed by atoms with Gasteiger partial charge in [-0.15, -0.1) is 0 Å². The highest BCUT2D eigenvalue weighted by Crippen LogP contribution is 2.38. The number of pyridine rings is 1. The van der Waals surface area contributed by atoms with Gasteiger partial charge < -0.3 is 9.15 Å². The van der Waals surface area contributed by atoms with Crippen LogP contribution in [0.4, 0.5) is 0 Å². The van der Waals surface area contributed by atoms with E-state index >= 15 is 0 Å². The van der Waals surface area contributed by atoms with Crippen molar-refractivity contribution in [1.29, 1.82) is 0 Å². The van der Waals surface area contributed by atoms with Crippen molar-refractivity contribution in [2.45, 2.75) is 44.0 Å². The Balaban J connectivity index is 1.28. The number of likely N-dealkylation sites (N-methyl/N-ethyl adjacent to an activating group) is 1. The van der Waals surface area contributed by atoms with Gasteiger partial charge in [-0.3, -0.25) is 14.8 Å². The van der Waals surface area contributed by atoms with Crippen molar-refractivity contribution >= 4 is 0 Å². The lowest BCUT2D eigenvalue weighted by Gasteiger charge is -2.38. The van der Waals surface area contributed by atoms with Gasteiger partial charge in [0, 0.05) is 50.2 Å². The Morgan fingerprint density at radius 2 is 2.00 bits per heavy atom. The van der Waals surface area contributed by atoms with Crippen molar-refractivity contribution in [2.75, 3.05) is 26.7 Å². The van der Waals surface area contributed by atoms with Crippen LogP contribution >= 0.6 is 0 Å². The minimum absolute atomic E-state index is 0.0874. The molecule has 0 aromatic carbocycles. The molecule has 1 spiro atoms. The third-order valence-electron chi connectivity index (χ3n) is 5.75. The molecule has 25 heavy (non-hydrogen) atoms. The zero-order valence-corrected chi connectivity index (χ0v) is 14.9. The Hall–Kier alpha value is -1.69. The quantitative estimate of drug-likeness (QED) is 0.836. The normalized spacial score (nSPS) is 23.5. The Bertz CT molecular complexity index is 651. The van der Waals surface area contributed by atoms with E-state index in [1.807, 2.05) is 18.7 Å². The molecule has 2 aromatic rings. The molecule has 0 saturated carbocycles. The molecule has 0 aliphatic carbocycles. The van der Waals surface area contributed by atoms with E-state index in [-0.39, 0.29) is 5.60 Å². The summed E-state index contributed by atoms with van der Waals surface area (Å²) in [6.07, 6.45) is 10.7. The Morgan fingerprint density at radius 1 is 1.20 bits per heavy atom. The molecule has 4 rings (SSSR count). The highest BCUT2D eigenvalue weighted by atomic mass is 16.5. The van der Waals surface area contributed by atoms with Crippen molar-refractivity contribution in [3.63, 3.8) is 0 Å². The topological polar surface area (TPSA) is 41.7 Å². The number of hydrogen-bond acceptors (Lipinski definition) is 5. The number of rotatable bonds is 5. The number of ether oxygens (including phenoxy) is 1. The van der Waals surface area contributed by atoms with Crippen molar-refractivity contribution in [3.05, 3.63) is 54.2 Å². The van der Waals surface area contributed by atoms with E-state index in [4.69, 9.17) is 9.15 Å². The van der Waals surface area contributed by atoms with E-state index < -0.39 is 0 Å². The Morgan fingerprint density at radius 3 is 2.72 bits per heavy atom. The van der Waals surface area contributed by atoms with E-state index in [2.05, 4.69) is 40.0 Å². The zero-order chi connectivity index (χ0) is 17.1. The predicted octanol–water partition coefficient (Wildman–Crippen LogP) is 2.93. The lowest BCUT2D eigenvalue weighted by atomic mass is 9.87. The van der Waals surface area contributed by atoms with Crippen LogP contribution in [0.3, 0.4) is 0 Å². The first-order chi connectivity index (χ1) is 12.2. The summed E-state index contributed by atoms with van der Waals surface area (Å²) in [6, 6.07) is 6.75. The fraction of sp³-hybridized carbons (Fsp3) is 0.550. The first-order valence-corrected chi connectivity index (χ1v) is 9.19. The van der Waals surface area contributed by atoms with Crippen LogP contribution in [-0.2, 0) is 17.8 Å². The average Bonchev–Trinajstić information content (AvgIpc) is 3.29. The summed E-state index contributed by atoms with van der Waals surface area (Å²) in [5.74, 6) is 0. The van der Waals surface area contributed by atoms with E-state index in [1.165, 1.54) is 11.1 Å². The molecule has 1 unspecified atom stereocenters. The van der Waals surface area contributed by atoms with Gasteiger partial charge in [0.25, 0.3) is 0 Å². The number of aromatic nitrogens is 1. The molecule has 2 saturated heterocycles. The van der Waals surface area contributed by atoms with E-state index in [1.54, 1.807) is 6.26 Å². The molecule has 0 radical (unpaired) electrons. The molecule has 0 amide bonds. The Kier molecular flexibility index (Phi) is 4.88. The number of furan rings is 1. The van der Waals surface area contributed by atoms with Gasteiger partial charge >= 0.3 is 0 Å². The molecule has 2 fully saturated rings. The zero-order valence-electron chi connectivity index (χ0n) is 14.9. The van der Waals surface area contributed by atoms with Crippen LogP contribution in [0.2, 0.25) is 0 Å². The van der Waals surface area contributed by atoms with E-state index in [9.17, 15) is 0 Å². The largest absolute Gasteiger partial charge is 0.472 e. The minimum Gasteiger partial charge on any atom is -0.472 e. The number of hydrogen-bond donors (Lipinski definition) is 0. The Labute approximate surface area is 149 Å². The average molecular weight is 341 g/mol. The summed E-state index contributed by atoms with van der Waals surface area (Å²) in [4.78, 5) is 9.04. The minimum atomic E-state index is 0.0874. The van der Waals surface area contributed by atoms with Gasteiger partial charge in [0.05, 0.1) is 24.7 Å². The second-order valence-electron chi connectivity index (χ2n) is 7.53. The van der Waals surface area contributed by atoms with Gasteiger partial charge in [-0.05, 0) is 50.1 Å². The second-order valence-corrected chi connectivity index (χ2v) is 7.53. The maximum Gasteiger partial charge on any atom is 0.0947 e. The van der Waals surface area contributed by atoms with E-state index in [0.717, 1.165) is 52.0 Å². The summed E-state index contributed by atoms with van der Waals surface area (Å²) < 4.78 is 11.5. The number of nitrogens with zero attached hydrogens (tertiary/aromatic N) is 3. The van der Waals surface area contributed by atoms with Crippen LogP contribution in [0.25, 0.3) is 0 Å². The fourth-order valence-corrected chi connectivity index (χ4v) is 4.12. The molecule has 5 heteroatoms. The van der Waals surface area contributed by atoms with Crippen molar-refractivity contribution in [1.82, 2.24) is 14.8 Å². The molecule has 4 heterocycles.